The fraction of sp³-hybridized carbons (Fsp3) is 0.111. The minimum Gasteiger partial charge on any atom is -0.305 e. The van der Waals surface area contributed by atoms with Gasteiger partial charge in [0, 0.05) is 39.5 Å². The van der Waals surface area contributed by atoms with Gasteiger partial charge in [-0.3, -0.25) is 19.6 Å². The summed E-state index contributed by atoms with van der Waals surface area (Å²) in [6.07, 6.45) is 1.71. The summed E-state index contributed by atoms with van der Waals surface area (Å²) in [7, 11) is 0. The maximum atomic E-state index is 12.3. The standard InChI is InChI=1S/C18H14Cl2N4O3/c1-11-8-12(3-5-16(11)24(26)27)18(25)21-17-6-7-23(22-17)10-13-2-4-14(19)9-15(13)20/h2-9H,10H2,1H3,(H,21,22,25). The van der Waals surface area contributed by atoms with E-state index in [9.17, 15) is 14.9 Å². The van der Waals surface area contributed by atoms with E-state index in [-0.39, 0.29) is 5.69 Å². The number of nitro groups is 1. The number of nitro benzene ring substituents is 1. The van der Waals surface area contributed by atoms with Gasteiger partial charge in [0.2, 0.25) is 0 Å². The van der Waals surface area contributed by atoms with Crippen LogP contribution in [0.4, 0.5) is 11.5 Å². The van der Waals surface area contributed by atoms with Crippen molar-refractivity contribution in [2.75, 3.05) is 5.32 Å². The topological polar surface area (TPSA) is 90.1 Å². The highest BCUT2D eigenvalue weighted by Crippen LogP contribution is 2.22. The molecule has 0 aliphatic heterocycles. The molecule has 0 unspecified atom stereocenters. The number of carbonyl (C=O) groups excluding carboxylic acids is 1. The molecular weight excluding hydrogens is 391 g/mol. The normalized spacial score (nSPS) is 10.6. The summed E-state index contributed by atoms with van der Waals surface area (Å²) < 4.78 is 1.63. The lowest BCUT2D eigenvalue weighted by Gasteiger charge is -2.06. The molecule has 0 spiro atoms. The molecule has 9 heteroatoms. The fourth-order valence-corrected chi connectivity index (χ4v) is 3.00. The Labute approximate surface area is 164 Å². The van der Waals surface area contributed by atoms with Crippen LogP contribution in [0.15, 0.2) is 48.7 Å². The lowest BCUT2D eigenvalue weighted by molar-refractivity contribution is -0.385. The van der Waals surface area contributed by atoms with Crippen LogP contribution in [0.3, 0.4) is 0 Å². The van der Waals surface area contributed by atoms with Crippen LogP contribution in [0.1, 0.15) is 21.5 Å². The highest BCUT2D eigenvalue weighted by Gasteiger charge is 2.14. The van der Waals surface area contributed by atoms with Crippen LogP contribution in [0.2, 0.25) is 10.0 Å². The molecule has 0 saturated carbocycles. The summed E-state index contributed by atoms with van der Waals surface area (Å²) in [6, 6.07) is 11.0. The molecule has 0 bridgehead atoms. The van der Waals surface area contributed by atoms with Gasteiger partial charge in [-0.1, -0.05) is 29.3 Å². The van der Waals surface area contributed by atoms with Crippen molar-refractivity contribution in [2.24, 2.45) is 0 Å². The van der Waals surface area contributed by atoms with Gasteiger partial charge in [-0.25, -0.2) is 0 Å². The van der Waals surface area contributed by atoms with Crippen molar-refractivity contribution in [3.05, 3.63) is 85.5 Å². The Morgan fingerprint density at radius 1 is 1.22 bits per heavy atom. The molecule has 0 atom stereocenters. The van der Waals surface area contributed by atoms with Crippen molar-refractivity contribution in [2.45, 2.75) is 13.5 Å². The van der Waals surface area contributed by atoms with Crippen LogP contribution in [0, 0.1) is 17.0 Å². The Kier molecular flexibility index (Phi) is 5.43. The Morgan fingerprint density at radius 2 is 2.00 bits per heavy atom. The van der Waals surface area contributed by atoms with E-state index in [2.05, 4.69) is 10.4 Å². The summed E-state index contributed by atoms with van der Waals surface area (Å²) in [5.74, 6) is -0.0381. The van der Waals surface area contributed by atoms with Crippen molar-refractivity contribution in [1.29, 1.82) is 0 Å². The van der Waals surface area contributed by atoms with Gasteiger partial charge in [-0.15, -0.1) is 0 Å². The van der Waals surface area contributed by atoms with E-state index in [1.54, 1.807) is 36.0 Å². The SMILES string of the molecule is Cc1cc(C(=O)Nc2ccn(Cc3ccc(Cl)cc3Cl)n2)ccc1[N+](=O)[O-]. The largest absolute Gasteiger partial charge is 0.305 e. The number of halogens is 2. The second-order valence-corrected chi connectivity index (χ2v) is 6.69. The fourth-order valence-electron chi connectivity index (χ4n) is 2.53. The third kappa shape index (κ3) is 4.45. The zero-order valence-electron chi connectivity index (χ0n) is 14.1. The van der Waals surface area contributed by atoms with E-state index < -0.39 is 10.8 Å². The number of aromatic nitrogens is 2. The smallest absolute Gasteiger partial charge is 0.272 e. The van der Waals surface area contributed by atoms with Crippen LogP contribution < -0.4 is 5.32 Å². The lowest BCUT2D eigenvalue weighted by atomic mass is 10.1. The highest BCUT2D eigenvalue weighted by molar-refractivity contribution is 6.35. The zero-order chi connectivity index (χ0) is 19.6. The molecule has 1 N–H and O–H groups in total. The second kappa shape index (κ2) is 7.77. The van der Waals surface area contributed by atoms with Gasteiger partial charge in [0.15, 0.2) is 5.82 Å². The van der Waals surface area contributed by atoms with Crippen molar-refractivity contribution in [3.63, 3.8) is 0 Å². The first-order valence-electron chi connectivity index (χ1n) is 7.87. The van der Waals surface area contributed by atoms with E-state index >= 15 is 0 Å². The Morgan fingerprint density at radius 3 is 2.67 bits per heavy atom. The first-order chi connectivity index (χ1) is 12.8. The number of amides is 1. The van der Waals surface area contributed by atoms with E-state index in [1.807, 2.05) is 6.07 Å². The summed E-state index contributed by atoms with van der Waals surface area (Å²) in [5, 5.41) is 18.9. The molecule has 2 aromatic carbocycles. The first kappa shape index (κ1) is 18.9. The highest BCUT2D eigenvalue weighted by atomic mass is 35.5. The van der Waals surface area contributed by atoms with E-state index in [0.29, 0.717) is 33.5 Å². The molecule has 1 amide bonds. The summed E-state index contributed by atoms with van der Waals surface area (Å²) >= 11 is 12.0. The summed E-state index contributed by atoms with van der Waals surface area (Å²) in [5.41, 5.74) is 1.53. The number of rotatable bonds is 5. The average molecular weight is 405 g/mol. The molecule has 3 rings (SSSR count). The molecule has 1 aromatic heterocycles. The maximum Gasteiger partial charge on any atom is 0.272 e. The molecular formula is C18H14Cl2N4O3. The van der Waals surface area contributed by atoms with Gasteiger partial charge in [0.1, 0.15) is 0 Å². The number of nitrogens with one attached hydrogen (secondary N) is 1. The van der Waals surface area contributed by atoms with Gasteiger partial charge >= 0.3 is 0 Å². The Hall–Kier alpha value is -2.90. The average Bonchev–Trinajstić information content (AvgIpc) is 3.04. The monoisotopic (exact) mass is 404 g/mol. The van der Waals surface area contributed by atoms with Crippen molar-refractivity contribution < 1.29 is 9.72 Å². The molecule has 0 saturated heterocycles. The van der Waals surface area contributed by atoms with Crippen molar-refractivity contribution in [3.8, 4) is 0 Å². The lowest BCUT2D eigenvalue weighted by Crippen LogP contribution is -2.13. The summed E-state index contributed by atoms with van der Waals surface area (Å²) in [6.45, 7) is 2.00. The molecule has 0 fully saturated rings. The number of benzene rings is 2. The predicted octanol–water partition coefficient (Wildman–Crippen LogP) is 4.71. The molecule has 0 aliphatic carbocycles. The molecule has 3 aromatic rings. The quantitative estimate of drug-likeness (QED) is 0.492. The van der Waals surface area contributed by atoms with Crippen LogP contribution in [-0.2, 0) is 6.54 Å². The van der Waals surface area contributed by atoms with Gasteiger partial charge in [0.05, 0.1) is 11.5 Å². The molecule has 1 heterocycles. The van der Waals surface area contributed by atoms with E-state index in [1.165, 1.54) is 18.2 Å². The van der Waals surface area contributed by atoms with Gasteiger partial charge in [-0.2, -0.15) is 5.10 Å². The van der Waals surface area contributed by atoms with Crippen LogP contribution in [0.25, 0.3) is 0 Å². The third-order valence-electron chi connectivity index (χ3n) is 3.89. The Balaban J connectivity index is 1.71. The van der Waals surface area contributed by atoms with Gasteiger partial charge in [-0.05, 0) is 36.8 Å². The van der Waals surface area contributed by atoms with Crippen LogP contribution in [-0.4, -0.2) is 20.6 Å². The number of aryl methyl sites for hydroxylation is 1. The molecule has 0 radical (unpaired) electrons. The van der Waals surface area contributed by atoms with Gasteiger partial charge < -0.3 is 5.32 Å². The van der Waals surface area contributed by atoms with Crippen LogP contribution >= 0.6 is 23.2 Å². The summed E-state index contributed by atoms with van der Waals surface area (Å²) in [4.78, 5) is 22.7. The second-order valence-electron chi connectivity index (χ2n) is 5.85. The molecule has 27 heavy (non-hydrogen) atoms. The van der Waals surface area contributed by atoms with E-state index in [0.717, 1.165) is 5.56 Å². The molecule has 7 nitrogen and oxygen atoms in total. The maximum absolute atomic E-state index is 12.3. The Bertz CT molecular complexity index is 1030. The van der Waals surface area contributed by atoms with Crippen molar-refractivity contribution in [1.82, 2.24) is 9.78 Å². The molecule has 0 aliphatic rings. The number of carbonyl (C=O) groups is 1. The van der Waals surface area contributed by atoms with Crippen LogP contribution in [0.5, 0.6) is 0 Å². The number of anilines is 1. The number of hydrogen-bond acceptors (Lipinski definition) is 4. The third-order valence-corrected chi connectivity index (χ3v) is 4.47. The number of hydrogen-bond donors (Lipinski definition) is 1. The first-order valence-corrected chi connectivity index (χ1v) is 8.63. The number of nitrogens with zero attached hydrogens (tertiary/aromatic N) is 3. The predicted molar refractivity (Wildman–Crippen MR) is 104 cm³/mol. The molecule has 138 valence electrons. The van der Waals surface area contributed by atoms with Gasteiger partial charge in [0.25, 0.3) is 11.6 Å². The minimum atomic E-state index is -0.486. The van der Waals surface area contributed by atoms with E-state index in [4.69, 9.17) is 23.2 Å². The zero-order valence-corrected chi connectivity index (χ0v) is 15.7. The van der Waals surface area contributed by atoms with Crippen molar-refractivity contribution >= 4 is 40.6 Å². The minimum absolute atomic E-state index is 0.0318.